The maximum atomic E-state index is 12.9. The van der Waals surface area contributed by atoms with Crippen molar-refractivity contribution in [2.24, 2.45) is 5.10 Å². The lowest BCUT2D eigenvalue weighted by molar-refractivity contribution is -0.142. The first-order valence-electron chi connectivity index (χ1n) is 11.5. The SMILES string of the molecule is COC(=O)COc1cc(/C=N\NC(=O)Cn2c(-c3ccc(OC)cc3)nc3cc(Cl)c(Cl)cc32)ccc1OC. The molecule has 0 aliphatic carbocycles. The highest BCUT2D eigenvalue weighted by molar-refractivity contribution is 6.42. The van der Waals surface area contributed by atoms with Gasteiger partial charge in [0.25, 0.3) is 5.91 Å². The molecule has 4 rings (SSSR count). The minimum atomic E-state index is -0.534. The van der Waals surface area contributed by atoms with Crippen LogP contribution in [0.5, 0.6) is 17.2 Å². The predicted molar refractivity (Wildman–Crippen MR) is 148 cm³/mol. The number of nitrogens with zero attached hydrogens (tertiary/aromatic N) is 3. The van der Waals surface area contributed by atoms with Gasteiger partial charge >= 0.3 is 5.97 Å². The molecule has 10 nitrogen and oxygen atoms in total. The molecule has 0 fully saturated rings. The summed E-state index contributed by atoms with van der Waals surface area (Å²) < 4.78 is 22.3. The Kier molecular flexibility index (Phi) is 8.90. The Morgan fingerprint density at radius 1 is 0.974 bits per heavy atom. The number of aromatic nitrogens is 2. The topological polar surface area (TPSA) is 113 Å². The highest BCUT2D eigenvalue weighted by Crippen LogP contribution is 2.32. The summed E-state index contributed by atoms with van der Waals surface area (Å²) in [6.45, 7) is -0.377. The monoisotopic (exact) mass is 570 g/mol. The van der Waals surface area contributed by atoms with Crippen molar-refractivity contribution < 1.29 is 28.5 Å². The summed E-state index contributed by atoms with van der Waals surface area (Å²) in [6, 6.07) is 15.6. The van der Waals surface area contributed by atoms with Gasteiger partial charge in [0.2, 0.25) is 0 Å². The molecule has 1 N–H and O–H groups in total. The number of imidazole rings is 1. The molecule has 0 saturated heterocycles. The smallest absolute Gasteiger partial charge is 0.343 e. The van der Waals surface area contributed by atoms with E-state index < -0.39 is 11.9 Å². The Morgan fingerprint density at radius 2 is 1.72 bits per heavy atom. The lowest BCUT2D eigenvalue weighted by Crippen LogP contribution is -2.23. The molecule has 0 bridgehead atoms. The molecule has 39 heavy (non-hydrogen) atoms. The maximum absolute atomic E-state index is 12.9. The van der Waals surface area contributed by atoms with E-state index in [9.17, 15) is 9.59 Å². The molecular weight excluding hydrogens is 547 g/mol. The molecule has 0 spiro atoms. The molecule has 0 atom stereocenters. The molecule has 0 aliphatic heterocycles. The second-order valence-electron chi connectivity index (χ2n) is 8.07. The van der Waals surface area contributed by atoms with Gasteiger partial charge in [0, 0.05) is 5.56 Å². The van der Waals surface area contributed by atoms with Crippen LogP contribution < -0.4 is 19.6 Å². The summed E-state index contributed by atoms with van der Waals surface area (Å²) in [5, 5.41) is 4.76. The number of hydrazone groups is 1. The van der Waals surface area contributed by atoms with E-state index in [0.29, 0.717) is 49.7 Å². The zero-order valence-corrected chi connectivity index (χ0v) is 22.7. The summed E-state index contributed by atoms with van der Waals surface area (Å²) in [7, 11) is 4.33. The third-order valence-corrected chi connectivity index (χ3v) is 6.33. The summed E-state index contributed by atoms with van der Waals surface area (Å²) >= 11 is 12.5. The van der Waals surface area contributed by atoms with Crippen LogP contribution in [0.3, 0.4) is 0 Å². The normalized spacial score (nSPS) is 11.0. The minimum Gasteiger partial charge on any atom is -0.497 e. The average Bonchev–Trinajstić information content (AvgIpc) is 3.28. The molecule has 1 amide bonds. The molecular formula is C27H24Cl2N4O6. The zero-order chi connectivity index (χ0) is 27.9. The fourth-order valence-electron chi connectivity index (χ4n) is 3.68. The summed E-state index contributed by atoms with van der Waals surface area (Å²) in [5.41, 5.74) is 5.12. The van der Waals surface area contributed by atoms with Crippen LogP contribution in [0.1, 0.15) is 5.56 Å². The van der Waals surface area contributed by atoms with Gasteiger partial charge in [-0.25, -0.2) is 15.2 Å². The number of halogens is 2. The van der Waals surface area contributed by atoms with Gasteiger partial charge in [-0.1, -0.05) is 23.2 Å². The molecule has 202 valence electrons. The van der Waals surface area contributed by atoms with Crippen LogP contribution >= 0.6 is 23.2 Å². The van der Waals surface area contributed by atoms with Gasteiger partial charge < -0.3 is 23.5 Å². The van der Waals surface area contributed by atoms with Gasteiger partial charge in [-0.05, 0) is 60.2 Å². The Balaban J connectivity index is 1.55. The first-order chi connectivity index (χ1) is 18.8. The van der Waals surface area contributed by atoms with Crippen LogP contribution in [0.2, 0.25) is 10.0 Å². The maximum Gasteiger partial charge on any atom is 0.343 e. The van der Waals surface area contributed by atoms with Crippen LogP contribution in [-0.4, -0.2) is 55.6 Å². The van der Waals surface area contributed by atoms with E-state index in [4.69, 9.17) is 37.4 Å². The van der Waals surface area contributed by atoms with Crippen LogP contribution in [0, 0.1) is 0 Å². The molecule has 4 aromatic rings. The van der Waals surface area contributed by atoms with Gasteiger partial charge in [-0.15, -0.1) is 0 Å². The van der Waals surface area contributed by atoms with Crippen LogP contribution in [0.4, 0.5) is 0 Å². The molecule has 1 heterocycles. The van der Waals surface area contributed by atoms with Gasteiger partial charge in [0.15, 0.2) is 18.1 Å². The molecule has 12 heteroatoms. The Bertz CT molecular complexity index is 1540. The predicted octanol–water partition coefficient (Wildman–Crippen LogP) is 4.73. The van der Waals surface area contributed by atoms with E-state index in [2.05, 4.69) is 20.2 Å². The standard InChI is InChI=1S/C27H24Cl2N4O6/c1-36-18-7-5-17(6-8-18)27-31-21-11-19(28)20(29)12-22(21)33(27)14-25(34)32-30-13-16-4-9-23(37-2)24(10-16)39-15-26(35)38-3/h4-13H,14-15H2,1-3H3,(H,32,34)/b30-13-. The van der Waals surface area contributed by atoms with Gasteiger partial charge in [0.05, 0.1) is 48.6 Å². The number of fused-ring (bicyclic) bond motifs is 1. The first kappa shape index (κ1) is 27.7. The number of carbonyl (C=O) groups is 2. The lowest BCUT2D eigenvalue weighted by atomic mass is 10.2. The number of ether oxygens (including phenoxy) is 4. The van der Waals surface area contributed by atoms with Crippen LogP contribution in [0.25, 0.3) is 22.4 Å². The number of hydrogen-bond acceptors (Lipinski definition) is 8. The summed E-state index contributed by atoms with van der Waals surface area (Å²) in [4.78, 5) is 29.0. The number of methoxy groups -OCH3 is 3. The van der Waals surface area contributed by atoms with Crippen molar-refractivity contribution >= 4 is 52.3 Å². The highest BCUT2D eigenvalue weighted by Gasteiger charge is 2.17. The van der Waals surface area contributed by atoms with Gasteiger partial charge in [-0.3, -0.25) is 4.79 Å². The Morgan fingerprint density at radius 3 is 2.41 bits per heavy atom. The van der Waals surface area contributed by atoms with E-state index in [0.717, 1.165) is 5.56 Å². The highest BCUT2D eigenvalue weighted by atomic mass is 35.5. The van der Waals surface area contributed by atoms with Crippen molar-refractivity contribution in [1.29, 1.82) is 0 Å². The van der Waals surface area contributed by atoms with E-state index in [1.54, 1.807) is 54.1 Å². The van der Waals surface area contributed by atoms with Crippen molar-refractivity contribution in [2.75, 3.05) is 27.9 Å². The summed E-state index contributed by atoms with van der Waals surface area (Å²) in [6.07, 6.45) is 1.44. The third-order valence-electron chi connectivity index (χ3n) is 5.60. The first-order valence-corrected chi connectivity index (χ1v) is 12.3. The Labute approximate surface area is 234 Å². The third kappa shape index (κ3) is 6.60. The Hall–Kier alpha value is -4.28. The summed E-state index contributed by atoms with van der Waals surface area (Å²) in [5.74, 6) is 1.05. The number of hydrogen-bond donors (Lipinski definition) is 1. The average molecular weight is 571 g/mol. The number of benzene rings is 3. The number of esters is 1. The number of carbonyl (C=O) groups excluding carboxylic acids is 2. The fourth-order valence-corrected chi connectivity index (χ4v) is 4.00. The van der Waals surface area contributed by atoms with E-state index in [1.165, 1.54) is 20.4 Å². The lowest BCUT2D eigenvalue weighted by Gasteiger charge is -2.10. The van der Waals surface area contributed by atoms with Crippen LogP contribution in [0.15, 0.2) is 59.7 Å². The van der Waals surface area contributed by atoms with Crippen molar-refractivity contribution in [3.05, 3.63) is 70.2 Å². The van der Waals surface area contributed by atoms with E-state index in [-0.39, 0.29) is 13.2 Å². The van der Waals surface area contributed by atoms with Crippen molar-refractivity contribution in [3.63, 3.8) is 0 Å². The molecule has 0 saturated carbocycles. The molecule has 0 aliphatic rings. The molecule has 0 unspecified atom stereocenters. The van der Waals surface area contributed by atoms with Crippen molar-refractivity contribution in [1.82, 2.24) is 15.0 Å². The van der Waals surface area contributed by atoms with Gasteiger partial charge in [-0.2, -0.15) is 5.10 Å². The number of amides is 1. The second-order valence-corrected chi connectivity index (χ2v) is 8.89. The van der Waals surface area contributed by atoms with Gasteiger partial charge in [0.1, 0.15) is 18.1 Å². The van der Waals surface area contributed by atoms with E-state index in [1.807, 2.05) is 12.1 Å². The number of nitrogens with one attached hydrogen (secondary N) is 1. The molecule has 0 radical (unpaired) electrons. The quantitative estimate of drug-likeness (QED) is 0.166. The minimum absolute atomic E-state index is 0.0940. The largest absolute Gasteiger partial charge is 0.497 e. The second kappa shape index (κ2) is 12.5. The van der Waals surface area contributed by atoms with Crippen molar-refractivity contribution in [3.8, 4) is 28.6 Å². The molecule has 3 aromatic carbocycles. The fraction of sp³-hybridized carbons (Fsp3) is 0.185. The number of rotatable bonds is 10. The van der Waals surface area contributed by atoms with Crippen LogP contribution in [-0.2, 0) is 20.9 Å². The zero-order valence-electron chi connectivity index (χ0n) is 21.2. The van der Waals surface area contributed by atoms with Crippen molar-refractivity contribution in [2.45, 2.75) is 6.54 Å². The van der Waals surface area contributed by atoms with E-state index >= 15 is 0 Å². The molecule has 1 aromatic heterocycles.